The SMILES string of the molecule is COCCc1ccc(OCC(CN(C(=O)C(F)(F)F)C(C)C)O[Si](C)(C)C)cc1. The van der Waals surface area contributed by atoms with Crippen molar-refractivity contribution in [3.63, 3.8) is 0 Å². The molecule has 9 heteroatoms. The minimum absolute atomic E-state index is 0.0516. The number of nitrogens with zero attached hydrogens (tertiary/aromatic N) is 1. The molecule has 29 heavy (non-hydrogen) atoms. The number of carbonyl (C=O) groups is 1. The summed E-state index contributed by atoms with van der Waals surface area (Å²) in [5, 5.41) is 0. The van der Waals surface area contributed by atoms with E-state index >= 15 is 0 Å². The molecule has 166 valence electrons. The highest BCUT2D eigenvalue weighted by Crippen LogP contribution is 2.22. The van der Waals surface area contributed by atoms with E-state index in [2.05, 4.69) is 0 Å². The van der Waals surface area contributed by atoms with E-state index in [1.165, 1.54) is 0 Å². The molecule has 1 unspecified atom stereocenters. The van der Waals surface area contributed by atoms with Gasteiger partial charge < -0.3 is 18.8 Å². The molecule has 5 nitrogen and oxygen atoms in total. The number of hydrogen-bond donors (Lipinski definition) is 0. The third-order valence-electron chi connectivity index (χ3n) is 4.00. The molecule has 1 aromatic carbocycles. The zero-order valence-corrected chi connectivity index (χ0v) is 19.0. The van der Waals surface area contributed by atoms with Gasteiger partial charge in [-0.25, -0.2) is 0 Å². The van der Waals surface area contributed by atoms with Gasteiger partial charge in [0, 0.05) is 19.7 Å². The minimum atomic E-state index is -4.92. The maximum absolute atomic E-state index is 13.0. The molecule has 0 aromatic heterocycles. The normalized spacial score (nSPS) is 13.4. The van der Waals surface area contributed by atoms with Gasteiger partial charge >= 0.3 is 12.1 Å². The zero-order valence-electron chi connectivity index (χ0n) is 18.0. The Labute approximate surface area is 172 Å². The van der Waals surface area contributed by atoms with Gasteiger partial charge in [-0.15, -0.1) is 0 Å². The Morgan fingerprint density at radius 3 is 2.17 bits per heavy atom. The Balaban J connectivity index is 2.85. The lowest BCUT2D eigenvalue weighted by Crippen LogP contribution is -2.51. The Morgan fingerprint density at radius 1 is 1.14 bits per heavy atom. The molecule has 0 N–H and O–H groups in total. The molecule has 0 radical (unpaired) electrons. The highest BCUT2D eigenvalue weighted by atomic mass is 28.4. The Bertz CT molecular complexity index is 630. The van der Waals surface area contributed by atoms with Gasteiger partial charge in [0.1, 0.15) is 12.4 Å². The quantitative estimate of drug-likeness (QED) is 0.487. The molecule has 0 aliphatic carbocycles. The molecule has 1 amide bonds. The van der Waals surface area contributed by atoms with E-state index in [1.54, 1.807) is 33.1 Å². The van der Waals surface area contributed by atoms with Crippen molar-refractivity contribution >= 4 is 14.2 Å². The average Bonchev–Trinajstić information content (AvgIpc) is 2.60. The fourth-order valence-electron chi connectivity index (χ4n) is 2.70. The third kappa shape index (κ3) is 9.64. The van der Waals surface area contributed by atoms with Crippen LogP contribution in [0.15, 0.2) is 24.3 Å². The second-order valence-electron chi connectivity index (χ2n) is 8.10. The standard InChI is InChI=1S/C20H32F3NO4Si/c1-15(2)24(19(25)20(21,22)23)13-18(28-29(4,5)6)14-27-17-9-7-16(8-10-17)11-12-26-3/h7-10,15,18H,11-14H2,1-6H3. The van der Waals surface area contributed by atoms with E-state index in [1.807, 2.05) is 31.8 Å². The Morgan fingerprint density at radius 2 is 1.72 bits per heavy atom. The van der Waals surface area contributed by atoms with Crippen LogP contribution < -0.4 is 4.74 Å². The minimum Gasteiger partial charge on any atom is -0.491 e. The number of halogens is 3. The van der Waals surface area contributed by atoms with Crippen LogP contribution in [-0.2, 0) is 20.4 Å². The van der Waals surface area contributed by atoms with Crippen LogP contribution in [0.3, 0.4) is 0 Å². The van der Waals surface area contributed by atoms with Gasteiger partial charge in [0.15, 0.2) is 8.32 Å². The highest BCUT2D eigenvalue weighted by molar-refractivity contribution is 6.69. The maximum atomic E-state index is 13.0. The number of amides is 1. The summed E-state index contributed by atoms with van der Waals surface area (Å²) in [7, 11) is -0.439. The first-order chi connectivity index (χ1) is 13.3. The van der Waals surface area contributed by atoms with Gasteiger partial charge in [0.25, 0.3) is 0 Å². The van der Waals surface area contributed by atoms with E-state index in [0.29, 0.717) is 12.4 Å². The molecule has 0 heterocycles. The van der Waals surface area contributed by atoms with Crippen molar-refractivity contribution < 1.29 is 31.9 Å². The monoisotopic (exact) mass is 435 g/mol. The topological polar surface area (TPSA) is 48.0 Å². The van der Waals surface area contributed by atoms with Crippen LogP contribution in [0.25, 0.3) is 0 Å². The summed E-state index contributed by atoms with van der Waals surface area (Å²) in [6.07, 6.45) is -4.81. The maximum Gasteiger partial charge on any atom is 0.471 e. The molecule has 0 saturated carbocycles. The second-order valence-corrected chi connectivity index (χ2v) is 12.6. The molecule has 1 atom stereocenters. The lowest BCUT2D eigenvalue weighted by molar-refractivity contribution is -0.188. The van der Waals surface area contributed by atoms with Crippen LogP contribution in [0, 0.1) is 0 Å². The number of hydrogen-bond acceptors (Lipinski definition) is 4. The van der Waals surface area contributed by atoms with Gasteiger partial charge in [-0.1, -0.05) is 12.1 Å². The zero-order chi connectivity index (χ0) is 22.2. The number of rotatable bonds is 11. The number of alkyl halides is 3. The fraction of sp³-hybridized carbons (Fsp3) is 0.650. The summed E-state index contributed by atoms with van der Waals surface area (Å²) in [5.41, 5.74) is 1.09. The summed E-state index contributed by atoms with van der Waals surface area (Å²) >= 11 is 0. The van der Waals surface area contributed by atoms with Crippen molar-refractivity contribution in [2.45, 2.75) is 58.2 Å². The number of carbonyl (C=O) groups excluding carboxylic acids is 1. The number of methoxy groups -OCH3 is 1. The highest BCUT2D eigenvalue weighted by Gasteiger charge is 2.44. The van der Waals surface area contributed by atoms with Gasteiger partial charge in [-0.3, -0.25) is 4.79 Å². The van der Waals surface area contributed by atoms with Gasteiger partial charge in [0.05, 0.1) is 12.7 Å². The Kier molecular flexibility index (Phi) is 9.64. The first-order valence-corrected chi connectivity index (χ1v) is 13.0. The van der Waals surface area contributed by atoms with Crippen molar-refractivity contribution in [2.75, 3.05) is 26.9 Å². The predicted molar refractivity (Wildman–Crippen MR) is 109 cm³/mol. The summed E-state index contributed by atoms with van der Waals surface area (Å²) < 4.78 is 55.7. The summed E-state index contributed by atoms with van der Waals surface area (Å²) in [6, 6.07) is 6.82. The van der Waals surface area contributed by atoms with Crippen LogP contribution in [-0.4, -0.2) is 64.3 Å². The molecule has 0 spiro atoms. The molecule has 1 aromatic rings. The molecule has 0 aliphatic rings. The van der Waals surface area contributed by atoms with Crippen molar-refractivity contribution in [2.24, 2.45) is 0 Å². The van der Waals surface area contributed by atoms with E-state index in [4.69, 9.17) is 13.9 Å². The van der Waals surface area contributed by atoms with Crippen LogP contribution in [0.4, 0.5) is 13.2 Å². The number of benzene rings is 1. The smallest absolute Gasteiger partial charge is 0.471 e. The first kappa shape index (κ1) is 25.5. The lowest BCUT2D eigenvalue weighted by atomic mass is 10.1. The van der Waals surface area contributed by atoms with Crippen LogP contribution in [0.5, 0.6) is 5.75 Å². The summed E-state index contributed by atoms with van der Waals surface area (Å²) in [5.74, 6) is -1.27. The molecule has 0 bridgehead atoms. The van der Waals surface area contributed by atoms with Crippen LogP contribution >= 0.6 is 0 Å². The average molecular weight is 436 g/mol. The van der Waals surface area contributed by atoms with Gasteiger partial charge in [-0.05, 0) is 57.6 Å². The van der Waals surface area contributed by atoms with E-state index in [-0.39, 0.29) is 13.2 Å². The molecular weight excluding hydrogens is 403 g/mol. The van der Waals surface area contributed by atoms with Crippen molar-refractivity contribution in [3.05, 3.63) is 29.8 Å². The largest absolute Gasteiger partial charge is 0.491 e. The first-order valence-electron chi connectivity index (χ1n) is 9.59. The van der Waals surface area contributed by atoms with Gasteiger partial charge in [0.2, 0.25) is 0 Å². The third-order valence-corrected chi connectivity index (χ3v) is 5.04. The fourth-order valence-corrected chi connectivity index (χ4v) is 3.84. The molecule has 0 aliphatic heterocycles. The lowest BCUT2D eigenvalue weighted by Gasteiger charge is -2.34. The van der Waals surface area contributed by atoms with Crippen LogP contribution in [0.2, 0.25) is 19.6 Å². The summed E-state index contributed by atoms with van der Waals surface area (Å²) in [6.45, 7) is 9.40. The van der Waals surface area contributed by atoms with Crippen molar-refractivity contribution in [1.82, 2.24) is 4.90 Å². The van der Waals surface area contributed by atoms with E-state index in [9.17, 15) is 18.0 Å². The van der Waals surface area contributed by atoms with Gasteiger partial charge in [-0.2, -0.15) is 13.2 Å². The van der Waals surface area contributed by atoms with Crippen molar-refractivity contribution in [1.29, 1.82) is 0 Å². The van der Waals surface area contributed by atoms with Crippen LogP contribution in [0.1, 0.15) is 19.4 Å². The van der Waals surface area contributed by atoms with E-state index < -0.39 is 32.5 Å². The predicted octanol–water partition coefficient (Wildman–Crippen LogP) is 4.27. The molecular formula is C20H32F3NO4Si. The molecule has 0 saturated heterocycles. The number of ether oxygens (including phenoxy) is 2. The Hall–Kier alpha value is -1.58. The molecule has 1 rings (SSSR count). The second kappa shape index (κ2) is 11.0. The van der Waals surface area contributed by atoms with E-state index in [0.717, 1.165) is 16.9 Å². The van der Waals surface area contributed by atoms with Crippen molar-refractivity contribution in [3.8, 4) is 5.75 Å². The molecule has 0 fully saturated rings. The summed E-state index contributed by atoms with van der Waals surface area (Å²) in [4.78, 5) is 12.6.